The van der Waals surface area contributed by atoms with Crippen LogP contribution in [0.25, 0.3) is 0 Å². The summed E-state index contributed by atoms with van der Waals surface area (Å²) in [6, 6.07) is 4.09. The summed E-state index contributed by atoms with van der Waals surface area (Å²) in [5.74, 6) is 1.30. The summed E-state index contributed by atoms with van der Waals surface area (Å²) in [5, 5.41) is 9.42. The third kappa shape index (κ3) is 3.22. The average Bonchev–Trinajstić information content (AvgIpc) is 2.16. The Hall–Kier alpha value is -0.540. The van der Waals surface area contributed by atoms with Crippen LogP contribution >= 0.6 is 15.9 Å². The van der Waals surface area contributed by atoms with Crippen molar-refractivity contribution in [2.24, 2.45) is 0 Å². The lowest BCUT2D eigenvalue weighted by Crippen LogP contribution is -2.06. The van der Waals surface area contributed by atoms with E-state index in [0.29, 0.717) is 12.3 Å². The van der Waals surface area contributed by atoms with Crippen LogP contribution in [-0.2, 0) is 6.42 Å². The molecule has 0 fully saturated rings. The van der Waals surface area contributed by atoms with Crippen molar-refractivity contribution in [3.8, 4) is 5.75 Å². The minimum atomic E-state index is -0.356. The molecule has 0 amide bonds. The smallest absolute Gasteiger partial charge is 0.122 e. The summed E-state index contributed by atoms with van der Waals surface area (Å²) < 4.78 is 6.44. The van der Waals surface area contributed by atoms with E-state index in [2.05, 4.69) is 29.8 Å². The fourth-order valence-corrected chi connectivity index (χ4v) is 2.57. The molecule has 90 valence electrons. The molecule has 1 rings (SSSR count). The molecule has 1 unspecified atom stereocenters. The van der Waals surface area contributed by atoms with E-state index in [9.17, 15) is 5.11 Å². The second-order valence-corrected chi connectivity index (χ2v) is 5.25. The van der Waals surface area contributed by atoms with Gasteiger partial charge in [-0.1, -0.05) is 29.8 Å². The minimum Gasteiger partial charge on any atom is -0.496 e. The Morgan fingerprint density at radius 3 is 2.38 bits per heavy atom. The van der Waals surface area contributed by atoms with Crippen LogP contribution in [0.1, 0.15) is 37.8 Å². The molecule has 16 heavy (non-hydrogen) atoms. The van der Waals surface area contributed by atoms with E-state index in [-0.39, 0.29) is 6.10 Å². The number of benzene rings is 1. The highest BCUT2D eigenvalue weighted by Gasteiger charge is 2.12. The molecule has 0 aliphatic heterocycles. The first-order valence-corrected chi connectivity index (χ1v) is 6.29. The lowest BCUT2D eigenvalue weighted by Gasteiger charge is -2.15. The van der Waals surface area contributed by atoms with Crippen LogP contribution < -0.4 is 4.74 Å². The van der Waals surface area contributed by atoms with Crippen molar-refractivity contribution in [3.63, 3.8) is 0 Å². The van der Waals surface area contributed by atoms with Crippen molar-refractivity contribution in [3.05, 3.63) is 27.7 Å². The first kappa shape index (κ1) is 13.5. The van der Waals surface area contributed by atoms with Gasteiger partial charge in [-0.2, -0.15) is 0 Å². The summed E-state index contributed by atoms with van der Waals surface area (Å²) in [6.07, 6.45) is 0.255. The summed E-state index contributed by atoms with van der Waals surface area (Å²) in [4.78, 5) is 0. The number of hydrogen-bond donors (Lipinski definition) is 1. The van der Waals surface area contributed by atoms with Crippen LogP contribution in [0.15, 0.2) is 16.6 Å². The van der Waals surface area contributed by atoms with Gasteiger partial charge in [0.2, 0.25) is 0 Å². The number of halogens is 1. The highest BCUT2D eigenvalue weighted by Crippen LogP contribution is 2.32. The molecule has 1 aromatic rings. The Morgan fingerprint density at radius 2 is 1.94 bits per heavy atom. The predicted octanol–water partition coefficient (Wildman–Crippen LogP) is 3.50. The summed E-state index contributed by atoms with van der Waals surface area (Å²) in [5.41, 5.74) is 2.26. The molecule has 0 aliphatic carbocycles. The minimum absolute atomic E-state index is 0.356. The predicted molar refractivity (Wildman–Crippen MR) is 70.2 cm³/mol. The molecular formula is C13H19BrO2. The monoisotopic (exact) mass is 286 g/mol. The molecule has 0 aliphatic rings. The van der Waals surface area contributed by atoms with E-state index < -0.39 is 0 Å². The summed E-state index contributed by atoms with van der Waals surface area (Å²) in [6.45, 7) is 6.07. The number of methoxy groups -OCH3 is 1. The van der Waals surface area contributed by atoms with Gasteiger partial charge >= 0.3 is 0 Å². The maximum absolute atomic E-state index is 9.42. The molecular weight excluding hydrogens is 268 g/mol. The molecule has 2 nitrogen and oxygen atoms in total. The first-order chi connectivity index (χ1) is 7.45. The molecule has 0 aromatic heterocycles. The van der Waals surface area contributed by atoms with Gasteiger partial charge in [0.25, 0.3) is 0 Å². The van der Waals surface area contributed by atoms with Crippen LogP contribution in [0.2, 0.25) is 0 Å². The molecule has 0 saturated carbocycles. The normalized spacial score (nSPS) is 12.9. The van der Waals surface area contributed by atoms with Gasteiger partial charge in [-0.3, -0.25) is 0 Å². The molecule has 0 radical (unpaired) electrons. The average molecular weight is 287 g/mol. The van der Waals surface area contributed by atoms with Crippen LogP contribution in [0.5, 0.6) is 5.75 Å². The molecule has 1 aromatic carbocycles. The van der Waals surface area contributed by atoms with E-state index in [1.807, 2.05) is 12.1 Å². The second kappa shape index (κ2) is 5.69. The van der Waals surface area contributed by atoms with Gasteiger partial charge in [0.1, 0.15) is 5.75 Å². The zero-order valence-corrected chi connectivity index (χ0v) is 11.8. The van der Waals surface area contributed by atoms with Crippen LogP contribution in [-0.4, -0.2) is 18.3 Å². The van der Waals surface area contributed by atoms with E-state index >= 15 is 0 Å². The van der Waals surface area contributed by atoms with E-state index in [0.717, 1.165) is 15.8 Å². The van der Waals surface area contributed by atoms with Gasteiger partial charge < -0.3 is 9.84 Å². The lowest BCUT2D eigenvalue weighted by molar-refractivity contribution is 0.194. The van der Waals surface area contributed by atoms with Gasteiger partial charge in [0, 0.05) is 10.9 Å². The highest BCUT2D eigenvalue weighted by atomic mass is 79.9. The molecule has 1 atom stereocenters. The van der Waals surface area contributed by atoms with Gasteiger partial charge in [-0.15, -0.1) is 0 Å². The Balaban J connectivity index is 3.15. The number of aliphatic hydroxyl groups is 1. The Labute approximate surface area is 106 Å². The van der Waals surface area contributed by atoms with E-state index in [1.54, 1.807) is 14.0 Å². The molecule has 1 N–H and O–H groups in total. The van der Waals surface area contributed by atoms with Gasteiger partial charge in [0.05, 0.1) is 13.2 Å². The zero-order chi connectivity index (χ0) is 12.3. The zero-order valence-electron chi connectivity index (χ0n) is 10.2. The van der Waals surface area contributed by atoms with Crippen molar-refractivity contribution in [1.29, 1.82) is 0 Å². The molecule has 0 heterocycles. The summed E-state index contributed by atoms with van der Waals surface area (Å²) >= 11 is 3.56. The van der Waals surface area contributed by atoms with Gasteiger partial charge in [-0.25, -0.2) is 0 Å². The number of rotatable bonds is 4. The van der Waals surface area contributed by atoms with E-state index in [1.165, 1.54) is 5.56 Å². The topological polar surface area (TPSA) is 29.5 Å². The van der Waals surface area contributed by atoms with Gasteiger partial charge in [0.15, 0.2) is 0 Å². The molecule has 0 spiro atoms. The van der Waals surface area contributed by atoms with Crippen LogP contribution in [0.4, 0.5) is 0 Å². The lowest BCUT2D eigenvalue weighted by atomic mass is 9.99. The molecule has 0 bridgehead atoms. The number of aliphatic hydroxyl groups excluding tert-OH is 1. The number of ether oxygens (including phenoxy) is 1. The Bertz CT molecular complexity index is 359. The van der Waals surface area contributed by atoms with Crippen molar-refractivity contribution in [1.82, 2.24) is 0 Å². The quantitative estimate of drug-likeness (QED) is 0.918. The number of hydrogen-bond acceptors (Lipinski definition) is 2. The van der Waals surface area contributed by atoms with Crippen molar-refractivity contribution >= 4 is 15.9 Å². The fourth-order valence-electron chi connectivity index (χ4n) is 1.72. The van der Waals surface area contributed by atoms with Gasteiger partial charge in [-0.05, 0) is 36.1 Å². The maximum atomic E-state index is 9.42. The molecule has 0 saturated heterocycles. The largest absolute Gasteiger partial charge is 0.496 e. The Kier molecular flexibility index (Phi) is 4.81. The van der Waals surface area contributed by atoms with Crippen LogP contribution in [0, 0.1) is 0 Å². The van der Waals surface area contributed by atoms with Crippen molar-refractivity contribution in [2.45, 2.75) is 39.2 Å². The van der Waals surface area contributed by atoms with Crippen LogP contribution in [0.3, 0.4) is 0 Å². The highest BCUT2D eigenvalue weighted by molar-refractivity contribution is 9.10. The van der Waals surface area contributed by atoms with E-state index in [4.69, 9.17) is 4.74 Å². The third-order valence-corrected chi connectivity index (χ3v) is 3.22. The SMILES string of the molecule is COc1cc(C(C)C)c(Br)cc1CC(C)O. The fraction of sp³-hybridized carbons (Fsp3) is 0.538. The second-order valence-electron chi connectivity index (χ2n) is 4.39. The molecule has 3 heteroatoms. The maximum Gasteiger partial charge on any atom is 0.122 e. The summed E-state index contributed by atoms with van der Waals surface area (Å²) in [7, 11) is 1.67. The van der Waals surface area contributed by atoms with Crippen molar-refractivity contribution in [2.75, 3.05) is 7.11 Å². The third-order valence-electron chi connectivity index (χ3n) is 2.54. The standard InChI is InChI=1S/C13H19BrO2/c1-8(2)11-7-13(16-4)10(5-9(3)15)6-12(11)14/h6-9,15H,5H2,1-4H3. The first-order valence-electron chi connectivity index (χ1n) is 5.50. The Morgan fingerprint density at radius 1 is 1.31 bits per heavy atom. The van der Waals surface area contributed by atoms with Crippen molar-refractivity contribution < 1.29 is 9.84 Å².